The predicted octanol–water partition coefficient (Wildman–Crippen LogP) is 10.2. The summed E-state index contributed by atoms with van der Waals surface area (Å²) in [5.41, 5.74) is 9.65. The minimum atomic E-state index is 1.17. The summed E-state index contributed by atoms with van der Waals surface area (Å²) in [6, 6.07) is 35.8. The summed E-state index contributed by atoms with van der Waals surface area (Å²) in [4.78, 5) is 7.47. The van der Waals surface area contributed by atoms with Gasteiger partial charge in [0.25, 0.3) is 0 Å². The van der Waals surface area contributed by atoms with E-state index in [0.29, 0.717) is 0 Å². The predicted molar refractivity (Wildman–Crippen MR) is 160 cm³/mol. The Morgan fingerprint density at radius 2 is 0.833 bits per heavy atom. The third-order valence-corrected chi connectivity index (χ3v) is 8.56. The van der Waals surface area contributed by atoms with Gasteiger partial charge in [-0.15, -0.1) is 23.5 Å². The molecule has 5 aromatic carbocycles. The molecule has 178 valence electrons. The van der Waals surface area contributed by atoms with Crippen LogP contribution in [0.4, 0.5) is 34.1 Å². The monoisotopic (exact) mass is 504 g/mol. The average molecular weight is 505 g/mol. The number of hydrogen-bond donors (Lipinski definition) is 0. The van der Waals surface area contributed by atoms with Gasteiger partial charge in [-0.25, -0.2) is 0 Å². The second kappa shape index (κ2) is 9.27. The van der Waals surface area contributed by atoms with Gasteiger partial charge in [0, 0.05) is 21.2 Å². The summed E-state index contributed by atoms with van der Waals surface area (Å²) in [5, 5.41) is 2.48. The van der Waals surface area contributed by atoms with Crippen LogP contribution in [0.25, 0.3) is 10.8 Å². The summed E-state index contributed by atoms with van der Waals surface area (Å²) in [6.45, 7) is 4.29. The van der Waals surface area contributed by atoms with E-state index in [1.54, 1.807) is 0 Å². The molecule has 1 heterocycles. The van der Waals surface area contributed by atoms with Crippen molar-refractivity contribution in [2.75, 3.05) is 22.3 Å². The molecule has 0 saturated carbocycles. The van der Waals surface area contributed by atoms with Crippen molar-refractivity contribution < 1.29 is 0 Å². The quantitative estimate of drug-likeness (QED) is 0.220. The molecule has 0 radical (unpaired) electrons. The van der Waals surface area contributed by atoms with Crippen LogP contribution in [0, 0.1) is 13.8 Å². The number of aryl methyl sites for hydroxylation is 2. The van der Waals surface area contributed by atoms with E-state index in [1.165, 1.54) is 65.8 Å². The Morgan fingerprint density at radius 3 is 1.19 bits per heavy atom. The third-order valence-electron chi connectivity index (χ3n) is 6.87. The van der Waals surface area contributed by atoms with Crippen LogP contribution in [0.1, 0.15) is 11.1 Å². The van der Waals surface area contributed by atoms with Gasteiger partial charge >= 0.3 is 0 Å². The first kappa shape index (κ1) is 23.1. The molecule has 1 aliphatic heterocycles. The molecular weight excluding hydrogens is 477 g/mol. The van der Waals surface area contributed by atoms with Gasteiger partial charge in [-0.3, -0.25) is 0 Å². The average Bonchev–Trinajstić information content (AvgIpc) is 2.91. The lowest BCUT2D eigenvalue weighted by atomic mass is 10.0. The van der Waals surface area contributed by atoms with Gasteiger partial charge in [-0.2, -0.15) is 0 Å². The van der Waals surface area contributed by atoms with E-state index in [0.717, 1.165) is 0 Å². The van der Waals surface area contributed by atoms with Gasteiger partial charge in [0.15, 0.2) is 0 Å². The van der Waals surface area contributed by atoms with E-state index >= 15 is 0 Å². The van der Waals surface area contributed by atoms with E-state index in [9.17, 15) is 0 Å². The molecule has 36 heavy (non-hydrogen) atoms. The molecule has 0 aromatic heterocycles. The molecule has 0 fully saturated rings. The van der Waals surface area contributed by atoms with Gasteiger partial charge in [0.1, 0.15) is 0 Å². The molecule has 0 saturated heterocycles. The van der Waals surface area contributed by atoms with Crippen molar-refractivity contribution in [3.8, 4) is 0 Å². The molecule has 0 amide bonds. The highest BCUT2D eigenvalue weighted by Gasteiger charge is 2.32. The van der Waals surface area contributed by atoms with Crippen LogP contribution in [-0.4, -0.2) is 12.5 Å². The second-order valence-electron chi connectivity index (χ2n) is 9.23. The molecule has 0 atom stereocenters. The van der Waals surface area contributed by atoms with Crippen molar-refractivity contribution in [2.45, 2.75) is 23.6 Å². The van der Waals surface area contributed by atoms with E-state index in [1.807, 2.05) is 23.5 Å². The van der Waals surface area contributed by atoms with Crippen molar-refractivity contribution >= 4 is 68.4 Å². The van der Waals surface area contributed by atoms with Crippen molar-refractivity contribution in [2.24, 2.45) is 0 Å². The molecule has 1 aliphatic rings. The van der Waals surface area contributed by atoms with Gasteiger partial charge < -0.3 is 9.80 Å². The number of nitrogens with zero attached hydrogens (tertiary/aromatic N) is 2. The molecule has 2 nitrogen and oxygen atoms in total. The Labute approximate surface area is 222 Å². The maximum atomic E-state index is 2.44. The van der Waals surface area contributed by atoms with E-state index in [-0.39, 0.29) is 0 Å². The maximum Gasteiger partial charge on any atom is 0.0715 e. The molecule has 6 rings (SSSR count). The van der Waals surface area contributed by atoms with Gasteiger partial charge in [-0.05, 0) is 85.7 Å². The van der Waals surface area contributed by atoms with Crippen LogP contribution in [0.2, 0.25) is 0 Å². The Kier molecular flexibility index (Phi) is 5.94. The van der Waals surface area contributed by atoms with E-state index in [4.69, 9.17) is 0 Å². The topological polar surface area (TPSA) is 6.48 Å². The summed E-state index contributed by atoms with van der Waals surface area (Å²) in [7, 11) is 0. The Morgan fingerprint density at radius 1 is 0.472 bits per heavy atom. The van der Waals surface area contributed by atoms with Gasteiger partial charge in [0.05, 0.1) is 22.7 Å². The molecule has 5 aromatic rings. The Balaban J connectivity index is 1.72. The Bertz CT molecular complexity index is 1450. The molecule has 0 spiro atoms. The number of thioether (sulfide) groups is 2. The maximum absolute atomic E-state index is 2.44. The first-order valence-electron chi connectivity index (χ1n) is 12.1. The minimum absolute atomic E-state index is 1.17. The highest BCUT2D eigenvalue weighted by atomic mass is 32.2. The fraction of sp³-hybridized carbons (Fsp3) is 0.125. The summed E-state index contributed by atoms with van der Waals surface area (Å²) in [6.07, 6.45) is 4.33. The van der Waals surface area contributed by atoms with Gasteiger partial charge in [0.2, 0.25) is 0 Å². The largest absolute Gasteiger partial charge is 0.306 e. The molecule has 4 heteroatoms. The van der Waals surface area contributed by atoms with Crippen molar-refractivity contribution in [1.82, 2.24) is 0 Å². The van der Waals surface area contributed by atoms with Crippen molar-refractivity contribution in [3.63, 3.8) is 0 Å². The van der Waals surface area contributed by atoms with E-state index < -0.39 is 0 Å². The van der Waals surface area contributed by atoms with Crippen LogP contribution < -0.4 is 9.80 Å². The zero-order valence-corrected chi connectivity index (χ0v) is 22.6. The molecule has 0 unspecified atom stereocenters. The lowest BCUT2D eigenvalue weighted by molar-refractivity contribution is 1.13. The molecule has 0 bridgehead atoms. The third kappa shape index (κ3) is 3.85. The fourth-order valence-electron chi connectivity index (χ4n) is 4.99. The number of hydrogen-bond acceptors (Lipinski definition) is 4. The molecule has 0 aliphatic carbocycles. The minimum Gasteiger partial charge on any atom is -0.306 e. The number of rotatable bonds is 4. The number of anilines is 6. The van der Waals surface area contributed by atoms with E-state index in [2.05, 4.69) is 133 Å². The van der Waals surface area contributed by atoms with Crippen molar-refractivity contribution in [1.29, 1.82) is 0 Å². The molecule has 0 N–H and O–H groups in total. The highest BCUT2D eigenvalue weighted by Crippen LogP contribution is 2.56. The van der Waals surface area contributed by atoms with Crippen LogP contribution >= 0.6 is 23.5 Å². The van der Waals surface area contributed by atoms with Crippen LogP contribution in [0.5, 0.6) is 0 Å². The second-order valence-corrected chi connectivity index (χ2v) is 10.9. The first-order chi connectivity index (χ1) is 17.6. The summed E-state index contributed by atoms with van der Waals surface area (Å²) in [5.74, 6) is 0. The van der Waals surface area contributed by atoms with Crippen LogP contribution in [0.3, 0.4) is 0 Å². The standard InChI is InChI=1S/C32H28N2S2/c1-21-9-13-25(14-10-21)33-27-17-23-7-5-6-8-24(23)18-28(27)34(26-15-11-22(2)12-16-26)30-20-32(36-4)31(35-3)19-29(30)33/h5-20H,1-4H3. The zero-order chi connectivity index (χ0) is 24.8. The lowest BCUT2D eigenvalue weighted by Crippen LogP contribution is -2.24. The first-order valence-corrected chi connectivity index (χ1v) is 14.5. The number of benzene rings is 5. The summed E-state index contributed by atoms with van der Waals surface area (Å²) < 4.78 is 0. The lowest BCUT2D eigenvalue weighted by Gasteiger charge is -2.41. The normalized spacial score (nSPS) is 12.6. The number of fused-ring (bicyclic) bond motifs is 3. The summed E-state index contributed by atoms with van der Waals surface area (Å²) >= 11 is 3.62. The smallest absolute Gasteiger partial charge is 0.0715 e. The SMILES string of the molecule is CSc1cc2c(cc1SC)N(c1ccc(C)cc1)c1cc3ccccc3cc1N2c1ccc(C)cc1. The van der Waals surface area contributed by atoms with Crippen LogP contribution in [-0.2, 0) is 0 Å². The molecular formula is C32H28N2S2. The zero-order valence-electron chi connectivity index (χ0n) is 20.9. The van der Waals surface area contributed by atoms with Crippen LogP contribution in [0.15, 0.2) is 107 Å². The van der Waals surface area contributed by atoms with Crippen molar-refractivity contribution in [3.05, 3.63) is 108 Å². The highest BCUT2D eigenvalue weighted by molar-refractivity contribution is 8.01. The fourth-order valence-corrected chi connectivity index (χ4v) is 6.47. The van der Waals surface area contributed by atoms with Gasteiger partial charge in [-0.1, -0.05) is 59.7 Å². The Hall–Kier alpha value is -3.34.